The molecule has 0 aliphatic carbocycles. The minimum atomic E-state index is -0.233. The molecule has 0 atom stereocenters. The topological polar surface area (TPSA) is 91.2 Å². The van der Waals surface area contributed by atoms with Gasteiger partial charge in [-0.1, -0.05) is 41.9 Å². The smallest absolute Gasteiger partial charge is 0.263 e. The first-order chi connectivity index (χ1) is 16.5. The third kappa shape index (κ3) is 7.10. The number of aromatic hydroxyl groups is 1. The van der Waals surface area contributed by atoms with Crippen molar-refractivity contribution in [1.29, 1.82) is 0 Å². The summed E-state index contributed by atoms with van der Waals surface area (Å²) in [6, 6.07) is 1.55. The molecule has 0 unspecified atom stereocenters. The number of aryl methyl sites for hydroxylation is 1. The van der Waals surface area contributed by atoms with E-state index >= 15 is 0 Å². The molecule has 8 heteroatoms. The van der Waals surface area contributed by atoms with Crippen molar-refractivity contribution in [3.63, 3.8) is 0 Å². The molecule has 0 aromatic heterocycles. The average molecular weight is 488 g/mol. The molecule has 2 aliphatic heterocycles. The molecule has 0 saturated carbocycles. The fourth-order valence-electron chi connectivity index (χ4n) is 4.20. The Labute approximate surface area is 206 Å². The van der Waals surface area contributed by atoms with Gasteiger partial charge in [-0.2, -0.15) is 0 Å². The number of benzene rings is 1. The lowest BCUT2D eigenvalue weighted by Crippen LogP contribution is -2.37. The molecule has 2 aliphatic rings. The van der Waals surface area contributed by atoms with Gasteiger partial charge in [0, 0.05) is 31.6 Å². The standard InChI is InChI=1S/C26H34ClN3O4/c1-2-19-16-22(31)25(27)21-17-20(29-34-18-23(32)30-14-10-7-11-15-30)12-8-5-3-4-6-9-13-28-26(33)24(19)21/h4,6,8,12,16,31H,2-3,5,7,9-11,13-15,17-18H2,1H3,(H,28,33)/b6-4+,12-8+,29-20-. The predicted molar refractivity (Wildman–Crippen MR) is 134 cm³/mol. The summed E-state index contributed by atoms with van der Waals surface area (Å²) >= 11 is 6.49. The van der Waals surface area contributed by atoms with Crippen LogP contribution in [0.5, 0.6) is 5.75 Å². The highest BCUT2D eigenvalue weighted by atomic mass is 35.5. The largest absolute Gasteiger partial charge is 0.506 e. The molecule has 2 amide bonds. The van der Waals surface area contributed by atoms with E-state index in [1.54, 1.807) is 11.0 Å². The Balaban J connectivity index is 1.89. The molecule has 0 spiro atoms. The summed E-state index contributed by atoms with van der Waals surface area (Å²) < 4.78 is 0. The average Bonchev–Trinajstić information content (AvgIpc) is 2.85. The van der Waals surface area contributed by atoms with E-state index in [1.165, 1.54) is 0 Å². The highest BCUT2D eigenvalue weighted by molar-refractivity contribution is 6.33. The van der Waals surface area contributed by atoms with E-state index in [1.807, 2.05) is 19.1 Å². The normalized spacial score (nSPS) is 20.7. The third-order valence-electron chi connectivity index (χ3n) is 6.04. The number of fused-ring (bicyclic) bond motifs is 1. The van der Waals surface area contributed by atoms with Crippen molar-refractivity contribution in [2.45, 2.75) is 58.3 Å². The number of rotatable bonds is 4. The van der Waals surface area contributed by atoms with Crippen molar-refractivity contribution < 1.29 is 19.5 Å². The van der Waals surface area contributed by atoms with E-state index in [4.69, 9.17) is 16.4 Å². The van der Waals surface area contributed by atoms with Crippen LogP contribution in [0.3, 0.4) is 0 Å². The van der Waals surface area contributed by atoms with Crippen LogP contribution in [-0.2, 0) is 22.5 Å². The monoisotopic (exact) mass is 487 g/mol. The van der Waals surface area contributed by atoms with Gasteiger partial charge in [-0.15, -0.1) is 0 Å². The molecule has 184 valence electrons. The summed E-state index contributed by atoms with van der Waals surface area (Å²) in [5.41, 5.74) is 2.19. The van der Waals surface area contributed by atoms with Gasteiger partial charge in [0.1, 0.15) is 5.75 Å². The maximum Gasteiger partial charge on any atom is 0.263 e. The minimum absolute atomic E-state index is 0.0707. The Kier molecular flexibility index (Phi) is 10.0. The van der Waals surface area contributed by atoms with Gasteiger partial charge in [-0.25, -0.2) is 0 Å². The van der Waals surface area contributed by atoms with Crippen molar-refractivity contribution in [2.75, 3.05) is 26.2 Å². The number of allylic oxidation sites excluding steroid dienone is 3. The quantitative estimate of drug-likeness (QED) is 0.481. The molecule has 0 bridgehead atoms. The zero-order valence-corrected chi connectivity index (χ0v) is 20.6. The van der Waals surface area contributed by atoms with Crippen LogP contribution in [0.15, 0.2) is 35.5 Å². The highest BCUT2D eigenvalue weighted by Gasteiger charge is 2.23. The summed E-state index contributed by atoms with van der Waals surface area (Å²) in [6.07, 6.45) is 14.3. The zero-order valence-electron chi connectivity index (χ0n) is 19.8. The Morgan fingerprint density at radius 3 is 2.68 bits per heavy atom. The maximum atomic E-state index is 13.1. The van der Waals surface area contributed by atoms with Crippen LogP contribution in [0.1, 0.15) is 66.9 Å². The summed E-state index contributed by atoms with van der Waals surface area (Å²) in [6.45, 7) is 3.80. The number of phenols is 1. The molecule has 34 heavy (non-hydrogen) atoms. The van der Waals surface area contributed by atoms with Crippen molar-refractivity contribution in [3.8, 4) is 5.75 Å². The van der Waals surface area contributed by atoms with Crippen LogP contribution >= 0.6 is 11.6 Å². The van der Waals surface area contributed by atoms with Crippen molar-refractivity contribution >= 4 is 29.1 Å². The van der Waals surface area contributed by atoms with Crippen LogP contribution in [0, 0.1) is 0 Å². The number of phenolic OH excluding ortho intramolecular Hbond substituents is 1. The molecule has 1 saturated heterocycles. The van der Waals surface area contributed by atoms with Gasteiger partial charge < -0.3 is 20.2 Å². The Hall–Kier alpha value is -2.80. The van der Waals surface area contributed by atoms with Gasteiger partial charge in [-0.05, 0) is 68.2 Å². The molecule has 0 radical (unpaired) electrons. The number of oxime groups is 1. The fraction of sp³-hybridized carbons (Fsp3) is 0.500. The number of piperidine rings is 1. The summed E-state index contributed by atoms with van der Waals surface area (Å²) in [7, 11) is 0. The summed E-state index contributed by atoms with van der Waals surface area (Å²) in [4.78, 5) is 32.8. The zero-order chi connectivity index (χ0) is 24.3. The Morgan fingerprint density at radius 2 is 1.91 bits per heavy atom. The van der Waals surface area contributed by atoms with E-state index in [0.717, 1.165) is 51.6 Å². The molecule has 7 nitrogen and oxygen atoms in total. The number of carbonyl (C=O) groups excluding carboxylic acids is 2. The summed E-state index contributed by atoms with van der Waals surface area (Å²) in [5, 5.41) is 17.7. The van der Waals surface area contributed by atoms with Crippen LogP contribution in [0.4, 0.5) is 0 Å². The van der Waals surface area contributed by atoms with Gasteiger partial charge in [0.25, 0.3) is 11.8 Å². The van der Waals surface area contributed by atoms with Crippen molar-refractivity contribution in [3.05, 3.63) is 52.1 Å². The number of hydrogen-bond acceptors (Lipinski definition) is 5. The lowest BCUT2D eigenvalue weighted by Gasteiger charge is -2.26. The van der Waals surface area contributed by atoms with E-state index in [0.29, 0.717) is 35.4 Å². The van der Waals surface area contributed by atoms with Gasteiger partial charge in [-0.3, -0.25) is 9.59 Å². The van der Waals surface area contributed by atoms with Crippen LogP contribution < -0.4 is 5.32 Å². The van der Waals surface area contributed by atoms with Crippen LogP contribution in [0.25, 0.3) is 0 Å². The fourth-order valence-corrected chi connectivity index (χ4v) is 4.41. The number of halogens is 1. The second kappa shape index (κ2) is 13.2. The first kappa shape index (κ1) is 25.8. The van der Waals surface area contributed by atoms with Crippen molar-refractivity contribution in [1.82, 2.24) is 10.2 Å². The predicted octanol–water partition coefficient (Wildman–Crippen LogP) is 4.56. The molecular weight excluding hydrogens is 454 g/mol. The molecule has 1 aromatic rings. The SMILES string of the molecule is CCc1cc(O)c(Cl)c2c1C(=O)NCC/C=C/CC/C=C/C(=N/OCC(=O)N1CCCCC1)C2. The summed E-state index contributed by atoms with van der Waals surface area (Å²) in [5.74, 6) is -0.384. The highest BCUT2D eigenvalue weighted by Crippen LogP contribution is 2.34. The Bertz CT molecular complexity index is 965. The van der Waals surface area contributed by atoms with E-state index in [9.17, 15) is 14.7 Å². The molecule has 3 rings (SSSR count). The molecule has 1 fully saturated rings. The van der Waals surface area contributed by atoms with E-state index in [2.05, 4.69) is 22.6 Å². The second-order valence-electron chi connectivity index (χ2n) is 8.55. The molecule has 1 aromatic carbocycles. The second-order valence-corrected chi connectivity index (χ2v) is 8.92. The van der Waals surface area contributed by atoms with Gasteiger partial charge >= 0.3 is 0 Å². The first-order valence-electron chi connectivity index (χ1n) is 12.1. The minimum Gasteiger partial charge on any atom is -0.506 e. The van der Waals surface area contributed by atoms with E-state index in [-0.39, 0.29) is 35.6 Å². The van der Waals surface area contributed by atoms with Crippen LogP contribution in [-0.4, -0.2) is 53.8 Å². The Morgan fingerprint density at radius 1 is 1.18 bits per heavy atom. The third-order valence-corrected chi connectivity index (χ3v) is 6.46. The lowest BCUT2D eigenvalue weighted by atomic mass is 9.94. The lowest BCUT2D eigenvalue weighted by molar-refractivity contribution is -0.137. The first-order valence-corrected chi connectivity index (χ1v) is 12.5. The number of carbonyl (C=O) groups is 2. The van der Waals surface area contributed by atoms with Crippen LogP contribution in [0.2, 0.25) is 5.02 Å². The van der Waals surface area contributed by atoms with Crippen molar-refractivity contribution in [2.24, 2.45) is 5.16 Å². The van der Waals surface area contributed by atoms with E-state index < -0.39 is 0 Å². The van der Waals surface area contributed by atoms with Gasteiger partial charge in [0.2, 0.25) is 0 Å². The van der Waals surface area contributed by atoms with Gasteiger partial charge in [0.15, 0.2) is 6.61 Å². The maximum absolute atomic E-state index is 13.1. The number of nitrogens with zero attached hydrogens (tertiary/aromatic N) is 2. The molecule has 2 heterocycles. The number of nitrogens with one attached hydrogen (secondary N) is 1. The molecule has 2 N–H and O–H groups in total. The number of amides is 2. The number of hydrogen-bond donors (Lipinski definition) is 2. The molecular formula is C26H34ClN3O4. The van der Waals surface area contributed by atoms with Gasteiger partial charge in [0.05, 0.1) is 10.7 Å². The number of likely N-dealkylation sites (tertiary alicyclic amines) is 1.